The number of aliphatic hydroxyl groups excluding tert-OH is 2. The number of fused-ring (bicyclic) bond motifs is 6. The molecule has 9 atom stereocenters. The van der Waals surface area contributed by atoms with E-state index in [1.165, 1.54) is 43.9 Å². The highest BCUT2D eigenvalue weighted by Gasteiger charge is 2.42. The summed E-state index contributed by atoms with van der Waals surface area (Å²) in [7, 11) is -2.89. The van der Waals surface area contributed by atoms with E-state index in [2.05, 4.69) is 50.5 Å². The molecule has 4 fully saturated rings. The maximum atomic E-state index is 14.9. The van der Waals surface area contributed by atoms with Crippen molar-refractivity contribution in [3.8, 4) is 6.07 Å². The van der Waals surface area contributed by atoms with E-state index in [0.717, 1.165) is 78.4 Å². The molecule has 3 aromatic heterocycles. The predicted molar refractivity (Wildman–Crippen MR) is 284 cm³/mol. The lowest BCUT2D eigenvalue weighted by Crippen LogP contribution is -2.54. The van der Waals surface area contributed by atoms with Gasteiger partial charge in [0.25, 0.3) is 7.37 Å². The number of rotatable bonds is 12. The number of carboxylic acid groups (broad SMARTS) is 1. The zero-order chi connectivity index (χ0) is 51.1. The second kappa shape index (κ2) is 23.0. The molecule has 7 aromatic rings. The molecule has 5 N–H and O–H groups in total. The Hall–Kier alpha value is -6.33. The highest BCUT2D eigenvalue weighted by Crippen LogP contribution is 2.48. The van der Waals surface area contributed by atoms with Crippen LogP contribution in [0.1, 0.15) is 70.6 Å². The quantitative estimate of drug-likeness (QED) is 0.0446. The van der Waals surface area contributed by atoms with E-state index in [1.54, 1.807) is 25.3 Å². The largest absolute Gasteiger partial charge is 0.477 e. The first-order chi connectivity index (χ1) is 34.8. The number of aliphatic hydroxyl groups is 2. The monoisotopic (exact) mass is 1010 g/mol. The number of halogens is 2. The molecule has 15 heteroatoms. The zero-order valence-corrected chi connectivity index (χ0v) is 41.9. The number of aromatic amines is 1. The van der Waals surface area contributed by atoms with E-state index < -0.39 is 37.1 Å². The zero-order valence-electron chi connectivity index (χ0n) is 40.3. The van der Waals surface area contributed by atoms with Gasteiger partial charge in [-0.05, 0) is 146 Å². The normalized spacial score (nSPS) is 22.2. The molecule has 4 aliphatic heterocycles. The Bertz CT molecular complexity index is 3240. The predicted octanol–water partition coefficient (Wildman–Crippen LogP) is 10.6. The van der Waals surface area contributed by atoms with E-state index in [1.807, 2.05) is 72.9 Å². The van der Waals surface area contributed by atoms with Crippen LogP contribution in [0.4, 0.5) is 4.39 Å². The first-order valence-corrected chi connectivity index (χ1v) is 26.1. The molecule has 0 spiro atoms. The molecule has 4 aromatic carbocycles. The van der Waals surface area contributed by atoms with Gasteiger partial charge in [0.2, 0.25) is 0 Å². The average molecular weight is 1010 g/mol. The van der Waals surface area contributed by atoms with Crippen molar-refractivity contribution in [1.82, 2.24) is 25.2 Å². The number of nitriles is 1. The smallest absolute Gasteiger partial charge is 0.353 e. The van der Waals surface area contributed by atoms with Crippen LogP contribution in [0.5, 0.6) is 0 Å². The highest BCUT2D eigenvalue weighted by molar-refractivity contribution is 7.75. The molecule has 0 aliphatic carbocycles. The van der Waals surface area contributed by atoms with Crippen LogP contribution >= 0.6 is 19.0 Å². The number of piperidine rings is 4. The number of aromatic nitrogens is 3. The molecule has 6 unspecified atom stereocenters. The Kier molecular flexibility index (Phi) is 16.6. The van der Waals surface area contributed by atoms with Crippen molar-refractivity contribution in [3.05, 3.63) is 174 Å². The summed E-state index contributed by atoms with van der Waals surface area (Å²) in [4.78, 5) is 25.7. The first kappa shape index (κ1) is 52.0. The third kappa shape index (κ3) is 10.9. The van der Waals surface area contributed by atoms with Crippen molar-refractivity contribution >= 4 is 74.3 Å². The molecule has 4 aliphatic rings. The lowest BCUT2D eigenvalue weighted by Gasteiger charge is -2.50. The van der Waals surface area contributed by atoms with Gasteiger partial charge in [0.05, 0.1) is 45.0 Å². The number of aryl methyl sites for hydroxylation is 1. The van der Waals surface area contributed by atoms with Crippen molar-refractivity contribution in [1.29, 1.82) is 5.26 Å². The number of carbonyl (C=O) groups is 1. The molecule has 0 saturated carbocycles. The molecule has 72 heavy (non-hydrogen) atoms. The molecule has 2 bridgehead atoms. The highest BCUT2D eigenvalue weighted by atomic mass is 35.5. The number of nitrogens with one attached hydrogen (secondary N) is 2. The van der Waals surface area contributed by atoms with Crippen molar-refractivity contribution in [2.45, 2.75) is 50.9 Å². The first-order valence-electron chi connectivity index (χ1n) is 24.1. The van der Waals surface area contributed by atoms with Crippen molar-refractivity contribution in [2.24, 2.45) is 23.7 Å². The van der Waals surface area contributed by atoms with E-state index in [-0.39, 0.29) is 32.6 Å². The Morgan fingerprint density at radius 1 is 0.986 bits per heavy atom. The number of para-hydroxylation sites is 2. The Morgan fingerprint density at radius 3 is 2.31 bits per heavy atom. The minimum absolute atomic E-state index is 0.133. The van der Waals surface area contributed by atoms with E-state index in [0.29, 0.717) is 34.8 Å². The summed E-state index contributed by atoms with van der Waals surface area (Å²) < 4.78 is 34.2. The summed E-state index contributed by atoms with van der Waals surface area (Å²) in [5.74, 6) is -0.104. The minimum atomic E-state index is -4.05. The second-order valence-electron chi connectivity index (χ2n) is 18.7. The number of aromatic carboxylic acids is 1. The van der Waals surface area contributed by atoms with Crippen LogP contribution in [0, 0.1) is 47.7 Å². The van der Waals surface area contributed by atoms with Crippen molar-refractivity contribution in [2.75, 3.05) is 33.3 Å². The van der Waals surface area contributed by atoms with Gasteiger partial charge in [0, 0.05) is 66.3 Å². The maximum Gasteiger partial charge on any atom is 0.353 e. The van der Waals surface area contributed by atoms with Crippen molar-refractivity contribution < 1.29 is 33.6 Å². The molecular weight excluding hydrogens is 950 g/mol. The van der Waals surface area contributed by atoms with Gasteiger partial charge in [-0.3, -0.25) is 19.4 Å². The lowest BCUT2D eigenvalue weighted by atomic mass is 9.73. The van der Waals surface area contributed by atoms with E-state index >= 15 is 0 Å². The van der Waals surface area contributed by atoms with Gasteiger partial charge in [-0.15, -0.1) is 13.2 Å². The maximum absolute atomic E-state index is 14.9. The summed E-state index contributed by atoms with van der Waals surface area (Å²) in [5.41, 5.74) is 4.86. The molecule has 7 heterocycles. The molecule has 0 radical (unpaired) electrons. The van der Waals surface area contributed by atoms with E-state index in [4.69, 9.17) is 21.4 Å². The third-order valence-electron chi connectivity index (χ3n) is 14.4. The number of pyridine rings is 2. The van der Waals surface area contributed by atoms with Gasteiger partial charge in [-0.2, -0.15) is 5.26 Å². The van der Waals surface area contributed by atoms with Crippen LogP contribution < -0.4 is 15.9 Å². The summed E-state index contributed by atoms with van der Waals surface area (Å²) >= 11 is 5.89. The fourth-order valence-corrected chi connectivity index (χ4v) is 13.2. The van der Waals surface area contributed by atoms with E-state index in [9.17, 15) is 29.1 Å². The average Bonchev–Trinajstić information content (AvgIpc) is 3.82. The number of H-pyrrole nitrogens is 1. The fourth-order valence-electron chi connectivity index (χ4n) is 10.8. The Morgan fingerprint density at radius 2 is 1.67 bits per heavy atom. The Balaban J connectivity index is 0.000000147. The van der Waals surface area contributed by atoms with Gasteiger partial charge < -0.3 is 30.1 Å². The van der Waals surface area contributed by atoms with Crippen LogP contribution in [0.15, 0.2) is 135 Å². The number of hydrogen-bond acceptors (Lipinski definition) is 10. The molecular formula is C57H59ClFN6O6P. The van der Waals surface area contributed by atoms with Crippen molar-refractivity contribution in [3.63, 3.8) is 0 Å². The van der Waals surface area contributed by atoms with Crippen LogP contribution in [-0.4, -0.2) is 80.5 Å². The standard InChI is InChI=1S/C20H15ClFN2O4P.C19H22N2O.C18H22N2O/c1-11-8-12(4-3-7-23)10-13(9-11)29(27,28-2)19-16-15(24-18(19)20(25)26)6-5-14(21)17(16)22;1-2-13-12-21-10-8-14(13)11-18(21)19(22)16-7-9-20-17-6-4-3-5-15(16)17;1-2-13-12-19-9-7-14(13)11-18(21)16-8-10-20-17-6-4-3-5-15(16)17/h3-6,8-10,24H,1-2H3,(H,25,26);2-7,9,13-14,18-19,22H,1,8,10-12H2;2-6,8,10,13-14,18-19,21H,1,7,9,11-12H2/b4-3+;;/t;13?,14?,18-,19-;13?,14?,18-/m.11/s1. The molecule has 372 valence electrons. The lowest BCUT2D eigenvalue weighted by molar-refractivity contribution is -0.0444. The minimum Gasteiger partial charge on any atom is -0.477 e. The third-order valence-corrected chi connectivity index (χ3v) is 17.2. The number of hydrogen-bond donors (Lipinski definition) is 5. The number of allylic oxidation sites excluding steroid dienone is 1. The molecule has 12 nitrogen and oxygen atoms in total. The second-order valence-corrected chi connectivity index (χ2v) is 21.5. The van der Waals surface area contributed by atoms with Gasteiger partial charge in [0.15, 0.2) is 5.82 Å². The van der Waals surface area contributed by atoms with Gasteiger partial charge in [-0.25, -0.2) is 9.18 Å². The molecule has 0 amide bonds. The summed E-state index contributed by atoms with van der Waals surface area (Å²) in [6.07, 6.45) is 13.8. The van der Waals surface area contributed by atoms with Crippen LogP contribution in [0.2, 0.25) is 5.02 Å². The number of carboxylic acids is 1. The fraction of sp³-hybridized carbons (Fsp3) is 0.298. The molecule has 11 rings (SSSR count). The topological polar surface area (TPSA) is 185 Å². The SMILES string of the molecule is C=CC1CN2CCC1C[C@@H]2[C@H](O)c1ccnc2ccccc12.C=CC1CNCCC1C[C@@H](O)c1ccnc2ccccc12.COP(=O)(c1cc(C)cc(/C=C/C#N)c1)c1c(C(=O)O)[nH]c2ccc(Cl)c(F)c12. The molecule has 4 saturated heterocycles. The van der Waals surface area contributed by atoms with Gasteiger partial charge in [-0.1, -0.05) is 66.2 Å². The summed E-state index contributed by atoms with van der Waals surface area (Å²) in [6, 6.07) is 29.6. The van der Waals surface area contributed by atoms with Gasteiger partial charge in [0.1, 0.15) is 5.69 Å². The summed E-state index contributed by atoms with van der Waals surface area (Å²) in [6.45, 7) is 13.8. The number of nitrogens with zero attached hydrogens (tertiary/aromatic N) is 4. The van der Waals surface area contributed by atoms with Crippen LogP contribution in [0.25, 0.3) is 38.8 Å². The number of benzene rings is 4. The Labute approximate surface area is 424 Å². The summed E-state index contributed by atoms with van der Waals surface area (Å²) in [5, 5.41) is 45.1. The van der Waals surface area contributed by atoms with Crippen LogP contribution in [-0.2, 0) is 9.09 Å². The van der Waals surface area contributed by atoms with Crippen LogP contribution in [0.3, 0.4) is 0 Å². The van der Waals surface area contributed by atoms with Gasteiger partial charge >= 0.3 is 5.97 Å².